The number of anilines is 1. The Balaban J connectivity index is 1.48. The molecule has 2 fully saturated rings. The summed E-state index contributed by atoms with van der Waals surface area (Å²) in [5.74, 6) is -0.480. The highest BCUT2D eigenvalue weighted by Crippen LogP contribution is 2.46. The number of carbonyl (C=O) groups is 2. The molecule has 9 heteroatoms. The zero-order valence-electron chi connectivity index (χ0n) is 17.1. The van der Waals surface area contributed by atoms with E-state index in [1.54, 1.807) is 25.1 Å². The molecular weight excluding hydrogens is 409 g/mol. The Morgan fingerprint density at radius 3 is 2.68 bits per heavy atom. The summed E-state index contributed by atoms with van der Waals surface area (Å²) >= 11 is 0. The van der Waals surface area contributed by atoms with Crippen molar-refractivity contribution in [1.29, 1.82) is 0 Å². The van der Waals surface area contributed by atoms with Gasteiger partial charge in [0.25, 0.3) is 5.91 Å². The Morgan fingerprint density at radius 1 is 1.16 bits per heavy atom. The highest BCUT2D eigenvalue weighted by molar-refractivity contribution is 5.99. The van der Waals surface area contributed by atoms with Crippen LogP contribution in [0.3, 0.4) is 0 Å². The number of nitrogens with one attached hydrogen (secondary N) is 1. The van der Waals surface area contributed by atoms with E-state index in [2.05, 4.69) is 15.3 Å². The topological polar surface area (TPSA) is 75.2 Å². The molecule has 1 aliphatic carbocycles. The highest BCUT2D eigenvalue weighted by atomic mass is 19.4. The molecule has 0 radical (unpaired) electrons. The molecule has 1 spiro atoms. The lowest BCUT2D eigenvalue weighted by atomic mass is 9.71. The summed E-state index contributed by atoms with van der Waals surface area (Å²) in [6, 6.07) is 8.61. The summed E-state index contributed by atoms with van der Waals surface area (Å²) in [7, 11) is 0. The molecule has 3 heterocycles. The maximum absolute atomic E-state index is 13.3. The first-order valence-corrected chi connectivity index (χ1v) is 10.3. The lowest BCUT2D eigenvalue weighted by Crippen LogP contribution is -2.46. The van der Waals surface area contributed by atoms with Gasteiger partial charge in [0.2, 0.25) is 5.91 Å². The van der Waals surface area contributed by atoms with Crippen LogP contribution in [0.15, 0.2) is 36.4 Å². The second kappa shape index (κ2) is 7.94. The number of nitrogens with zero attached hydrogens (tertiary/aromatic N) is 3. The first-order chi connectivity index (χ1) is 14.7. The van der Waals surface area contributed by atoms with Gasteiger partial charge in [-0.3, -0.25) is 14.5 Å². The van der Waals surface area contributed by atoms with Crippen LogP contribution in [0.2, 0.25) is 0 Å². The molecule has 1 saturated heterocycles. The second-order valence-corrected chi connectivity index (χ2v) is 8.30. The fourth-order valence-electron chi connectivity index (χ4n) is 4.61. The largest absolute Gasteiger partial charge is 0.433 e. The molecule has 0 unspecified atom stereocenters. The smallest absolute Gasteiger partial charge is 0.348 e. The van der Waals surface area contributed by atoms with Crippen molar-refractivity contribution in [1.82, 2.24) is 15.3 Å². The van der Waals surface area contributed by atoms with Crippen LogP contribution in [-0.2, 0) is 11.0 Å². The van der Waals surface area contributed by atoms with Gasteiger partial charge >= 0.3 is 6.18 Å². The van der Waals surface area contributed by atoms with E-state index in [1.165, 1.54) is 17.0 Å². The molecule has 2 atom stereocenters. The third kappa shape index (κ3) is 4.26. The van der Waals surface area contributed by atoms with E-state index in [4.69, 9.17) is 0 Å². The van der Waals surface area contributed by atoms with E-state index in [1.807, 2.05) is 0 Å². The van der Waals surface area contributed by atoms with Crippen molar-refractivity contribution in [2.45, 2.75) is 51.2 Å². The number of hydrogen-bond acceptors (Lipinski definition) is 4. The van der Waals surface area contributed by atoms with Crippen molar-refractivity contribution in [3.63, 3.8) is 0 Å². The summed E-state index contributed by atoms with van der Waals surface area (Å²) < 4.78 is 39.1. The molecule has 2 aromatic heterocycles. The summed E-state index contributed by atoms with van der Waals surface area (Å²) in [6.45, 7) is 2.12. The molecule has 31 heavy (non-hydrogen) atoms. The van der Waals surface area contributed by atoms with Crippen molar-refractivity contribution >= 4 is 17.6 Å². The average Bonchev–Trinajstić information content (AvgIpc) is 3.03. The minimum atomic E-state index is -4.57. The second-order valence-electron chi connectivity index (χ2n) is 8.30. The number of aryl methyl sites for hydroxylation is 1. The van der Waals surface area contributed by atoms with Gasteiger partial charge < -0.3 is 5.32 Å². The predicted octanol–water partition coefficient (Wildman–Crippen LogP) is 3.90. The molecule has 4 rings (SSSR count). The summed E-state index contributed by atoms with van der Waals surface area (Å²) in [4.78, 5) is 35.1. The molecule has 164 valence electrons. The first-order valence-electron chi connectivity index (χ1n) is 10.3. The van der Waals surface area contributed by atoms with Crippen LogP contribution in [0.5, 0.6) is 0 Å². The Kier molecular flexibility index (Phi) is 5.45. The van der Waals surface area contributed by atoms with Gasteiger partial charge in [-0.25, -0.2) is 9.97 Å². The molecule has 2 aromatic rings. The Labute approximate surface area is 177 Å². The van der Waals surface area contributed by atoms with E-state index in [-0.39, 0.29) is 23.7 Å². The van der Waals surface area contributed by atoms with E-state index >= 15 is 0 Å². The summed E-state index contributed by atoms with van der Waals surface area (Å²) in [6.07, 6.45) is -1.44. The van der Waals surface area contributed by atoms with Gasteiger partial charge in [-0.1, -0.05) is 18.6 Å². The van der Waals surface area contributed by atoms with Gasteiger partial charge in [-0.15, -0.1) is 0 Å². The van der Waals surface area contributed by atoms with Crippen molar-refractivity contribution in [3.8, 4) is 0 Å². The molecule has 0 bridgehead atoms. The monoisotopic (exact) mass is 432 g/mol. The molecule has 2 amide bonds. The Morgan fingerprint density at radius 2 is 1.94 bits per heavy atom. The van der Waals surface area contributed by atoms with E-state index in [0.29, 0.717) is 31.5 Å². The molecule has 1 N–H and O–H groups in total. The van der Waals surface area contributed by atoms with Gasteiger partial charge in [0, 0.05) is 18.3 Å². The van der Waals surface area contributed by atoms with E-state index in [9.17, 15) is 22.8 Å². The standard InChI is InChI=1S/C22H23F3N4O2/c1-14-5-2-7-16(26-14)19(30)27-15-6-4-10-21(13-15)11-12-29(20(21)31)18-9-3-8-17(28-18)22(23,24)25/h2-3,5,7-9,15H,4,6,10-13H2,1H3,(H,27,30)/t15-,21-/m0/s1. The van der Waals surface area contributed by atoms with Crippen LogP contribution in [0.25, 0.3) is 0 Å². The quantitative estimate of drug-likeness (QED) is 0.798. The molecule has 1 aliphatic heterocycles. The maximum Gasteiger partial charge on any atom is 0.433 e. The zero-order valence-corrected chi connectivity index (χ0v) is 17.1. The maximum atomic E-state index is 13.3. The van der Waals surface area contributed by atoms with Gasteiger partial charge in [0.15, 0.2) is 0 Å². The third-order valence-electron chi connectivity index (χ3n) is 6.12. The number of pyridine rings is 2. The number of amides is 2. The lowest BCUT2D eigenvalue weighted by molar-refractivity contribution is -0.141. The van der Waals surface area contributed by atoms with Crippen LogP contribution in [-0.4, -0.2) is 34.4 Å². The normalized spacial score (nSPS) is 23.9. The van der Waals surface area contributed by atoms with Crippen molar-refractivity contribution in [3.05, 3.63) is 53.5 Å². The Bertz CT molecular complexity index is 1010. The van der Waals surface area contributed by atoms with Crippen molar-refractivity contribution < 1.29 is 22.8 Å². The van der Waals surface area contributed by atoms with Crippen LogP contribution < -0.4 is 10.2 Å². The molecular formula is C22H23F3N4O2. The molecule has 2 aliphatic rings. The molecule has 6 nitrogen and oxygen atoms in total. The van der Waals surface area contributed by atoms with Gasteiger partial charge in [0.05, 0.1) is 5.41 Å². The lowest BCUT2D eigenvalue weighted by Gasteiger charge is -2.36. The van der Waals surface area contributed by atoms with Crippen LogP contribution in [0.1, 0.15) is 54.0 Å². The Hall–Kier alpha value is -2.97. The minimum Gasteiger partial charge on any atom is -0.348 e. The number of alkyl halides is 3. The van der Waals surface area contributed by atoms with Crippen LogP contribution >= 0.6 is 0 Å². The van der Waals surface area contributed by atoms with Crippen LogP contribution in [0.4, 0.5) is 19.0 Å². The average molecular weight is 432 g/mol. The first kappa shape index (κ1) is 21.3. The summed E-state index contributed by atoms with van der Waals surface area (Å²) in [5.41, 5.74) is -0.639. The SMILES string of the molecule is Cc1cccc(C(=O)N[C@H]2CCC[C@]3(CCN(c4cccc(C(F)(F)F)n4)C3=O)C2)n1. The number of carbonyl (C=O) groups excluding carboxylic acids is 2. The number of aromatic nitrogens is 2. The minimum absolute atomic E-state index is 0.0202. The fraction of sp³-hybridized carbons (Fsp3) is 0.455. The fourth-order valence-corrected chi connectivity index (χ4v) is 4.61. The molecule has 0 aromatic carbocycles. The van der Waals surface area contributed by atoms with Crippen molar-refractivity contribution in [2.24, 2.45) is 5.41 Å². The number of rotatable bonds is 3. The number of hydrogen-bond donors (Lipinski definition) is 1. The van der Waals surface area contributed by atoms with Crippen LogP contribution in [0, 0.1) is 12.3 Å². The zero-order chi connectivity index (χ0) is 22.2. The number of halogens is 3. The van der Waals surface area contributed by atoms with Gasteiger partial charge in [0.1, 0.15) is 17.2 Å². The van der Waals surface area contributed by atoms with Crippen molar-refractivity contribution in [2.75, 3.05) is 11.4 Å². The summed E-state index contributed by atoms with van der Waals surface area (Å²) in [5, 5.41) is 2.98. The van der Waals surface area contributed by atoms with Gasteiger partial charge in [-0.05, 0) is 56.9 Å². The highest BCUT2D eigenvalue weighted by Gasteiger charge is 2.50. The predicted molar refractivity (Wildman–Crippen MR) is 107 cm³/mol. The third-order valence-corrected chi connectivity index (χ3v) is 6.12. The van der Waals surface area contributed by atoms with Gasteiger partial charge in [-0.2, -0.15) is 13.2 Å². The molecule has 1 saturated carbocycles. The van der Waals surface area contributed by atoms with E-state index in [0.717, 1.165) is 24.6 Å². The van der Waals surface area contributed by atoms with E-state index < -0.39 is 17.3 Å².